The Bertz CT molecular complexity index is 929. The molecule has 0 amide bonds. The molecule has 2 aromatic rings. The number of rotatable bonds is 9. The molecule has 5 N–H and O–H groups in total. The minimum Gasteiger partial charge on any atom is -0.371 e. The van der Waals surface area contributed by atoms with Crippen molar-refractivity contribution in [3.8, 4) is 0 Å². The fourth-order valence-corrected chi connectivity index (χ4v) is 4.01. The Morgan fingerprint density at radius 1 is 1.11 bits per heavy atom. The van der Waals surface area contributed by atoms with Gasteiger partial charge in [0, 0.05) is 13.6 Å². The molecule has 0 spiro atoms. The molecule has 0 radical (unpaired) electrons. The van der Waals surface area contributed by atoms with Crippen molar-refractivity contribution in [3.05, 3.63) is 11.6 Å². The highest BCUT2D eigenvalue weighted by Crippen LogP contribution is 2.52. The number of imidazole rings is 1. The molecule has 0 unspecified atom stereocenters. The standard InChI is InChI=1S/C12H18ClN5O8P2/c1-14-10-9-11(17-12(13)16-10)18(5-15-9)2-6-7(3-25-27(19,20)21)8(6)4-26-28(22,23)24/h5-8H,2-4H2,1H3,(H,14,16,17)(H2,19,20,21)(H2,22,23,24)/t6-,7-,8+. The molecule has 3 atom stereocenters. The third kappa shape index (κ3) is 5.26. The lowest BCUT2D eigenvalue weighted by Gasteiger charge is -2.06. The Balaban J connectivity index is 1.78. The molecule has 16 heteroatoms. The normalized spacial score (nSPS) is 22.6. The molecule has 0 aromatic carbocycles. The van der Waals surface area contributed by atoms with E-state index in [4.69, 9.17) is 31.2 Å². The summed E-state index contributed by atoms with van der Waals surface area (Å²) in [6.07, 6.45) is 1.51. The lowest BCUT2D eigenvalue weighted by molar-refractivity contribution is 0.166. The van der Waals surface area contributed by atoms with Gasteiger partial charge in [0.2, 0.25) is 5.28 Å². The Morgan fingerprint density at radius 3 is 2.18 bits per heavy atom. The summed E-state index contributed by atoms with van der Waals surface area (Å²) in [4.78, 5) is 48.0. The van der Waals surface area contributed by atoms with Crippen LogP contribution in [0.25, 0.3) is 11.2 Å². The van der Waals surface area contributed by atoms with Gasteiger partial charge in [-0.2, -0.15) is 9.97 Å². The molecule has 1 aliphatic rings. The van der Waals surface area contributed by atoms with Crippen LogP contribution in [-0.4, -0.2) is 59.4 Å². The third-order valence-corrected chi connectivity index (χ3v) is 5.60. The number of nitrogens with one attached hydrogen (secondary N) is 1. The van der Waals surface area contributed by atoms with Crippen LogP contribution in [0.3, 0.4) is 0 Å². The van der Waals surface area contributed by atoms with Crippen LogP contribution >= 0.6 is 27.2 Å². The lowest BCUT2D eigenvalue weighted by Crippen LogP contribution is -2.05. The molecule has 1 aliphatic carbocycles. The van der Waals surface area contributed by atoms with Gasteiger partial charge >= 0.3 is 15.6 Å². The molecule has 1 saturated carbocycles. The Hall–Kier alpha value is -1.14. The maximum Gasteiger partial charge on any atom is 0.469 e. The predicted molar refractivity (Wildman–Crippen MR) is 96.3 cm³/mol. The van der Waals surface area contributed by atoms with Crippen LogP contribution in [0.15, 0.2) is 6.33 Å². The van der Waals surface area contributed by atoms with Crippen LogP contribution in [0.1, 0.15) is 0 Å². The maximum absolute atomic E-state index is 11.0. The van der Waals surface area contributed by atoms with Crippen LogP contribution in [0.4, 0.5) is 5.82 Å². The van der Waals surface area contributed by atoms with Crippen molar-refractivity contribution in [3.63, 3.8) is 0 Å². The van der Waals surface area contributed by atoms with E-state index in [1.807, 2.05) is 0 Å². The van der Waals surface area contributed by atoms with E-state index >= 15 is 0 Å². The van der Waals surface area contributed by atoms with Crippen molar-refractivity contribution in [2.45, 2.75) is 6.54 Å². The van der Waals surface area contributed by atoms with Gasteiger partial charge in [-0.05, 0) is 29.4 Å². The molecule has 13 nitrogen and oxygen atoms in total. The van der Waals surface area contributed by atoms with Crippen LogP contribution in [-0.2, 0) is 24.7 Å². The molecule has 0 aliphatic heterocycles. The topological polar surface area (TPSA) is 189 Å². The molecule has 2 heterocycles. The molecule has 0 saturated heterocycles. The van der Waals surface area contributed by atoms with E-state index < -0.39 is 15.6 Å². The number of nitrogens with zero attached hydrogens (tertiary/aromatic N) is 4. The minimum atomic E-state index is -4.67. The van der Waals surface area contributed by atoms with Gasteiger partial charge in [-0.15, -0.1) is 0 Å². The van der Waals surface area contributed by atoms with Crippen LogP contribution in [0.2, 0.25) is 5.28 Å². The largest absolute Gasteiger partial charge is 0.469 e. The SMILES string of the molecule is CNc1nc(Cl)nc2c1ncn2C[C@H]1[C@H](COP(=O)(O)O)[C@@H]1COP(=O)(O)O. The van der Waals surface area contributed by atoms with Crippen molar-refractivity contribution in [1.29, 1.82) is 0 Å². The Labute approximate surface area is 163 Å². The first-order valence-electron chi connectivity index (χ1n) is 7.95. The van der Waals surface area contributed by atoms with Crippen LogP contribution in [0, 0.1) is 17.8 Å². The average molecular weight is 458 g/mol. The van der Waals surface area contributed by atoms with Gasteiger partial charge in [-0.25, -0.2) is 14.1 Å². The number of hydrogen-bond donors (Lipinski definition) is 5. The molecular formula is C12H18ClN5O8P2. The first-order chi connectivity index (χ1) is 13.0. The zero-order valence-corrected chi connectivity index (χ0v) is 17.0. The number of aromatic nitrogens is 4. The molecule has 0 bridgehead atoms. The van der Waals surface area contributed by atoms with E-state index in [0.29, 0.717) is 23.5 Å². The van der Waals surface area contributed by atoms with Gasteiger partial charge in [0.05, 0.1) is 19.5 Å². The maximum atomic E-state index is 11.0. The summed E-state index contributed by atoms with van der Waals surface area (Å²) < 4.78 is 32.7. The molecule has 28 heavy (non-hydrogen) atoms. The van der Waals surface area contributed by atoms with Crippen molar-refractivity contribution in [1.82, 2.24) is 19.5 Å². The Morgan fingerprint density at radius 2 is 1.68 bits per heavy atom. The zero-order chi connectivity index (χ0) is 20.7. The zero-order valence-electron chi connectivity index (χ0n) is 14.4. The average Bonchev–Trinajstić information content (AvgIpc) is 3.08. The summed E-state index contributed by atoms with van der Waals surface area (Å²) in [5.74, 6) is -0.551. The van der Waals surface area contributed by atoms with Crippen molar-refractivity contribution < 1.29 is 37.8 Å². The summed E-state index contributed by atoms with van der Waals surface area (Å²) in [5, 5.41) is 2.87. The van der Waals surface area contributed by atoms with Crippen molar-refractivity contribution >= 4 is 44.2 Å². The summed E-state index contributed by atoms with van der Waals surface area (Å²) in [5.41, 5.74) is 0.930. The lowest BCUT2D eigenvalue weighted by atomic mass is 10.3. The molecular weight excluding hydrogens is 440 g/mol. The second kappa shape index (κ2) is 7.94. The summed E-state index contributed by atoms with van der Waals surface area (Å²) in [7, 11) is -7.69. The second-order valence-corrected chi connectivity index (χ2v) is 9.04. The van der Waals surface area contributed by atoms with Gasteiger partial charge < -0.3 is 29.5 Å². The van der Waals surface area contributed by atoms with Crippen molar-refractivity contribution in [2.75, 3.05) is 25.6 Å². The third-order valence-electron chi connectivity index (χ3n) is 4.46. The monoisotopic (exact) mass is 457 g/mol. The fourth-order valence-electron chi connectivity index (χ4n) is 3.11. The Kier molecular flexibility index (Phi) is 6.12. The van der Waals surface area contributed by atoms with E-state index in [1.54, 1.807) is 11.6 Å². The first-order valence-corrected chi connectivity index (χ1v) is 11.4. The van der Waals surface area contributed by atoms with Gasteiger partial charge in [0.1, 0.15) is 0 Å². The number of phosphoric ester groups is 2. The minimum absolute atomic E-state index is 0.0113. The number of phosphoric acid groups is 2. The summed E-state index contributed by atoms with van der Waals surface area (Å²) in [6.45, 7) is -0.264. The van der Waals surface area contributed by atoms with E-state index in [1.165, 1.54) is 6.33 Å². The fraction of sp³-hybridized carbons (Fsp3) is 0.583. The van der Waals surface area contributed by atoms with E-state index in [9.17, 15) is 9.13 Å². The van der Waals surface area contributed by atoms with E-state index in [-0.39, 0.29) is 36.3 Å². The van der Waals surface area contributed by atoms with E-state index in [2.05, 4.69) is 29.3 Å². The van der Waals surface area contributed by atoms with Gasteiger partial charge in [0.25, 0.3) is 0 Å². The number of hydrogen-bond acceptors (Lipinski definition) is 8. The number of anilines is 1. The van der Waals surface area contributed by atoms with E-state index in [0.717, 1.165) is 0 Å². The highest BCUT2D eigenvalue weighted by molar-refractivity contribution is 7.46. The predicted octanol–water partition coefficient (Wildman–Crippen LogP) is 0.602. The van der Waals surface area contributed by atoms with Gasteiger partial charge in [-0.1, -0.05) is 0 Å². The molecule has 2 aromatic heterocycles. The summed E-state index contributed by atoms with van der Waals surface area (Å²) in [6, 6.07) is 0. The van der Waals surface area contributed by atoms with Crippen molar-refractivity contribution in [2.24, 2.45) is 17.8 Å². The first kappa shape index (κ1) is 21.6. The highest BCUT2D eigenvalue weighted by atomic mass is 35.5. The van der Waals surface area contributed by atoms with Crippen LogP contribution in [0.5, 0.6) is 0 Å². The number of fused-ring (bicyclic) bond motifs is 1. The highest BCUT2D eigenvalue weighted by Gasteiger charge is 2.51. The van der Waals surface area contributed by atoms with Gasteiger partial charge in [-0.3, -0.25) is 9.05 Å². The molecule has 1 fully saturated rings. The van der Waals surface area contributed by atoms with Crippen LogP contribution < -0.4 is 5.32 Å². The summed E-state index contributed by atoms with van der Waals surface area (Å²) >= 11 is 5.92. The second-order valence-electron chi connectivity index (χ2n) is 6.22. The number of halogens is 1. The molecule has 156 valence electrons. The smallest absolute Gasteiger partial charge is 0.371 e. The van der Waals surface area contributed by atoms with Gasteiger partial charge in [0.15, 0.2) is 17.0 Å². The molecule has 3 rings (SSSR count). The quantitative estimate of drug-likeness (QED) is 0.261.